The minimum atomic E-state index is 0.166. The molecule has 0 saturated carbocycles. The van der Waals surface area contributed by atoms with Gasteiger partial charge in [0, 0.05) is 11.7 Å². The topological polar surface area (TPSA) is 40.5 Å². The summed E-state index contributed by atoms with van der Waals surface area (Å²) >= 11 is 4.37. The maximum absolute atomic E-state index is 9.27. The normalized spacial score (nSPS) is 10.7. The zero-order valence-corrected chi connectivity index (χ0v) is 10.1. The van der Waals surface area contributed by atoms with Gasteiger partial charge in [-0.15, -0.1) is 0 Å². The van der Waals surface area contributed by atoms with E-state index < -0.39 is 0 Å². The molecule has 2 aromatic carbocycles. The van der Waals surface area contributed by atoms with Gasteiger partial charge in [0.15, 0.2) is 0 Å². The van der Waals surface area contributed by atoms with Crippen LogP contribution in [-0.4, -0.2) is 16.0 Å². The second kappa shape index (κ2) is 5.15. The molecule has 0 aliphatic carbocycles. The average Bonchev–Trinajstić information content (AvgIpc) is 2.35. The standard InChI is InChI=1S/C14H14O2S/c15-12-5-1-10(2-6-12)14(9-17)11-3-7-13(16)8-4-11/h1-8,14-17H,9H2. The summed E-state index contributed by atoms with van der Waals surface area (Å²) < 4.78 is 0. The molecule has 0 fully saturated rings. The number of phenolic OH excluding ortho intramolecular Hbond substituents is 2. The van der Waals surface area contributed by atoms with E-state index in [0.717, 1.165) is 11.1 Å². The van der Waals surface area contributed by atoms with Gasteiger partial charge in [-0.2, -0.15) is 12.6 Å². The number of benzene rings is 2. The summed E-state index contributed by atoms with van der Waals surface area (Å²) in [7, 11) is 0. The number of rotatable bonds is 3. The van der Waals surface area contributed by atoms with E-state index in [9.17, 15) is 10.2 Å². The number of aromatic hydroxyl groups is 2. The van der Waals surface area contributed by atoms with Gasteiger partial charge in [0.05, 0.1) is 0 Å². The van der Waals surface area contributed by atoms with Crippen LogP contribution in [0.3, 0.4) is 0 Å². The number of hydrogen-bond acceptors (Lipinski definition) is 3. The lowest BCUT2D eigenvalue weighted by atomic mass is 9.93. The lowest BCUT2D eigenvalue weighted by Gasteiger charge is -2.15. The Morgan fingerprint density at radius 3 is 1.41 bits per heavy atom. The Hall–Kier alpha value is -1.61. The van der Waals surface area contributed by atoms with Crippen molar-refractivity contribution in [2.24, 2.45) is 0 Å². The van der Waals surface area contributed by atoms with Gasteiger partial charge >= 0.3 is 0 Å². The van der Waals surface area contributed by atoms with E-state index in [0.29, 0.717) is 5.75 Å². The summed E-state index contributed by atoms with van der Waals surface area (Å²) in [6, 6.07) is 14.3. The lowest BCUT2D eigenvalue weighted by molar-refractivity contribution is 0.475. The Balaban J connectivity index is 2.33. The van der Waals surface area contributed by atoms with Crippen LogP contribution in [0.2, 0.25) is 0 Å². The summed E-state index contributed by atoms with van der Waals surface area (Å²) in [4.78, 5) is 0. The monoisotopic (exact) mass is 246 g/mol. The Labute approximate surface area is 106 Å². The molecular formula is C14H14O2S. The van der Waals surface area contributed by atoms with Crippen molar-refractivity contribution < 1.29 is 10.2 Å². The van der Waals surface area contributed by atoms with Gasteiger partial charge in [-0.1, -0.05) is 24.3 Å². The molecule has 17 heavy (non-hydrogen) atoms. The van der Waals surface area contributed by atoms with Crippen LogP contribution in [0.5, 0.6) is 11.5 Å². The van der Waals surface area contributed by atoms with Crippen LogP contribution < -0.4 is 0 Å². The van der Waals surface area contributed by atoms with Crippen molar-refractivity contribution in [2.45, 2.75) is 5.92 Å². The highest BCUT2D eigenvalue weighted by molar-refractivity contribution is 7.80. The molecule has 3 heteroatoms. The number of phenols is 2. The molecule has 0 radical (unpaired) electrons. The smallest absolute Gasteiger partial charge is 0.115 e. The molecule has 88 valence electrons. The summed E-state index contributed by atoms with van der Waals surface area (Å²) in [6.45, 7) is 0. The molecule has 0 aromatic heterocycles. The second-order valence-corrected chi connectivity index (χ2v) is 4.28. The summed E-state index contributed by atoms with van der Waals surface area (Å²) in [6.07, 6.45) is 0. The molecule has 0 bridgehead atoms. The third kappa shape index (κ3) is 2.74. The first kappa shape index (κ1) is 11.9. The van der Waals surface area contributed by atoms with Gasteiger partial charge < -0.3 is 10.2 Å². The largest absolute Gasteiger partial charge is 0.508 e. The van der Waals surface area contributed by atoms with E-state index >= 15 is 0 Å². The minimum absolute atomic E-state index is 0.166. The van der Waals surface area contributed by atoms with E-state index in [1.807, 2.05) is 24.3 Å². The van der Waals surface area contributed by atoms with Gasteiger partial charge in [0.25, 0.3) is 0 Å². The fraction of sp³-hybridized carbons (Fsp3) is 0.143. The predicted molar refractivity (Wildman–Crippen MR) is 71.9 cm³/mol. The highest BCUT2D eigenvalue weighted by Crippen LogP contribution is 2.28. The molecule has 0 unspecified atom stereocenters. The average molecular weight is 246 g/mol. The summed E-state index contributed by atoms with van der Waals surface area (Å²) in [5.41, 5.74) is 2.20. The van der Waals surface area contributed by atoms with E-state index in [1.54, 1.807) is 24.3 Å². The molecule has 0 spiro atoms. The molecule has 0 heterocycles. The third-order valence-corrected chi connectivity index (χ3v) is 3.14. The highest BCUT2D eigenvalue weighted by atomic mass is 32.1. The van der Waals surface area contributed by atoms with E-state index in [2.05, 4.69) is 12.6 Å². The maximum Gasteiger partial charge on any atom is 0.115 e. The molecule has 0 aliphatic rings. The van der Waals surface area contributed by atoms with Gasteiger partial charge in [-0.3, -0.25) is 0 Å². The predicted octanol–water partition coefficient (Wildman–Crippen LogP) is 3.16. The zero-order valence-electron chi connectivity index (χ0n) is 9.24. The van der Waals surface area contributed by atoms with Crippen molar-refractivity contribution >= 4 is 12.6 Å². The Bertz CT molecular complexity index is 431. The van der Waals surface area contributed by atoms with Crippen LogP contribution in [0.25, 0.3) is 0 Å². The summed E-state index contributed by atoms with van der Waals surface area (Å²) in [5.74, 6) is 1.37. The Morgan fingerprint density at radius 2 is 1.12 bits per heavy atom. The van der Waals surface area contributed by atoms with Crippen LogP contribution in [0, 0.1) is 0 Å². The van der Waals surface area contributed by atoms with E-state index in [4.69, 9.17) is 0 Å². The van der Waals surface area contributed by atoms with Crippen molar-refractivity contribution in [1.82, 2.24) is 0 Å². The van der Waals surface area contributed by atoms with Gasteiger partial charge in [-0.05, 0) is 35.4 Å². The van der Waals surface area contributed by atoms with E-state index in [-0.39, 0.29) is 17.4 Å². The molecule has 0 aliphatic heterocycles. The third-order valence-electron chi connectivity index (χ3n) is 2.77. The first-order valence-corrected chi connectivity index (χ1v) is 6.02. The summed E-state index contributed by atoms with van der Waals surface area (Å²) in [5, 5.41) is 18.5. The fourth-order valence-corrected chi connectivity index (χ4v) is 2.24. The van der Waals surface area contributed by atoms with Gasteiger partial charge in [0.1, 0.15) is 11.5 Å². The van der Waals surface area contributed by atoms with Crippen LogP contribution in [-0.2, 0) is 0 Å². The SMILES string of the molecule is Oc1ccc(C(CS)c2ccc(O)cc2)cc1. The fourth-order valence-electron chi connectivity index (χ4n) is 1.82. The van der Waals surface area contributed by atoms with Crippen molar-refractivity contribution in [1.29, 1.82) is 0 Å². The first-order valence-electron chi connectivity index (χ1n) is 5.39. The van der Waals surface area contributed by atoms with Crippen LogP contribution in [0.1, 0.15) is 17.0 Å². The number of hydrogen-bond donors (Lipinski definition) is 3. The van der Waals surface area contributed by atoms with Crippen molar-refractivity contribution in [3.63, 3.8) is 0 Å². The van der Waals surface area contributed by atoms with Crippen molar-refractivity contribution in [2.75, 3.05) is 5.75 Å². The van der Waals surface area contributed by atoms with Crippen molar-refractivity contribution in [3.05, 3.63) is 59.7 Å². The van der Waals surface area contributed by atoms with Crippen LogP contribution >= 0.6 is 12.6 Å². The maximum atomic E-state index is 9.27. The number of thiol groups is 1. The molecule has 0 atom stereocenters. The zero-order chi connectivity index (χ0) is 12.3. The lowest BCUT2D eigenvalue weighted by Crippen LogP contribution is -2.02. The minimum Gasteiger partial charge on any atom is -0.508 e. The molecule has 0 amide bonds. The van der Waals surface area contributed by atoms with Gasteiger partial charge in [0.2, 0.25) is 0 Å². The highest BCUT2D eigenvalue weighted by Gasteiger charge is 2.12. The van der Waals surface area contributed by atoms with Crippen molar-refractivity contribution in [3.8, 4) is 11.5 Å². The van der Waals surface area contributed by atoms with Crippen LogP contribution in [0.4, 0.5) is 0 Å². The molecule has 2 rings (SSSR count). The molecule has 2 aromatic rings. The van der Waals surface area contributed by atoms with Crippen LogP contribution in [0.15, 0.2) is 48.5 Å². The second-order valence-electron chi connectivity index (χ2n) is 3.92. The van der Waals surface area contributed by atoms with Gasteiger partial charge in [-0.25, -0.2) is 0 Å². The molecule has 2 nitrogen and oxygen atoms in total. The Morgan fingerprint density at radius 1 is 0.765 bits per heavy atom. The Kier molecular flexibility index (Phi) is 3.59. The first-order chi connectivity index (χ1) is 8.20. The molecule has 0 saturated heterocycles. The van der Waals surface area contributed by atoms with E-state index in [1.165, 1.54) is 0 Å². The molecule has 2 N–H and O–H groups in total. The molecular weight excluding hydrogens is 232 g/mol. The quantitative estimate of drug-likeness (QED) is 0.728.